The first-order chi connectivity index (χ1) is 14.3. The summed E-state index contributed by atoms with van der Waals surface area (Å²) >= 11 is 6.61. The zero-order chi connectivity index (χ0) is 21.8. The Kier molecular flexibility index (Phi) is 6.74. The zero-order valence-corrected chi connectivity index (χ0v) is 17.7. The summed E-state index contributed by atoms with van der Waals surface area (Å²) < 4.78 is 15.7. The van der Waals surface area contributed by atoms with Crippen molar-refractivity contribution in [3.05, 3.63) is 52.0 Å². The molecule has 1 aliphatic heterocycles. The lowest BCUT2D eigenvalue weighted by molar-refractivity contribution is -0.134. The second kappa shape index (κ2) is 9.28. The lowest BCUT2D eigenvalue weighted by Gasteiger charge is -2.22. The third-order valence-corrected chi connectivity index (χ3v) is 5.04. The number of rotatable bonds is 4. The normalized spacial score (nSPS) is 15.5. The molecule has 0 saturated carbocycles. The molecule has 3 rings (SSSR count). The molecule has 30 heavy (non-hydrogen) atoms. The quantitative estimate of drug-likeness (QED) is 0.586. The van der Waals surface area contributed by atoms with E-state index in [0.717, 1.165) is 16.7 Å². The molecule has 0 aromatic heterocycles. The number of benzene rings is 2. The molecule has 1 aliphatic rings. The van der Waals surface area contributed by atoms with Gasteiger partial charge in [-0.15, -0.1) is 0 Å². The van der Waals surface area contributed by atoms with Crippen molar-refractivity contribution in [2.45, 2.75) is 33.1 Å². The second-order valence-electron chi connectivity index (χ2n) is 6.94. The van der Waals surface area contributed by atoms with Crippen LogP contribution in [0, 0.1) is 0 Å². The molecule has 0 saturated heterocycles. The first-order valence-corrected chi connectivity index (χ1v) is 9.85. The largest absolute Gasteiger partial charge is 0.427 e. The Bertz CT molecular complexity index is 986. The van der Waals surface area contributed by atoms with Gasteiger partial charge in [0.1, 0.15) is 5.75 Å². The molecule has 0 fully saturated rings. The lowest BCUT2D eigenvalue weighted by Crippen LogP contribution is -2.21. The predicted molar refractivity (Wildman–Crippen MR) is 110 cm³/mol. The van der Waals surface area contributed by atoms with E-state index in [0.29, 0.717) is 25.3 Å². The number of hydrogen-bond donors (Lipinski definition) is 1. The monoisotopic (exact) mass is 431 g/mol. The van der Waals surface area contributed by atoms with Gasteiger partial charge in [-0.1, -0.05) is 23.7 Å². The van der Waals surface area contributed by atoms with Crippen molar-refractivity contribution in [1.29, 1.82) is 0 Å². The molecule has 1 atom stereocenters. The molecule has 2 aromatic carbocycles. The van der Waals surface area contributed by atoms with Gasteiger partial charge in [0.05, 0.1) is 5.02 Å². The fraction of sp³-hybridized carbons (Fsp3) is 0.318. The van der Waals surface area contributed by atoms with Gasteiger partial charge in [0, 0.05) is 33.2 Å². The minimum atomic E-state index is -0.561. The maximum Gasteiger partial charge on any atom is 0.308 e. The molecular formula is C22H22ClNO6. The average molecular weight is 432 g/mol. The van der Waals surface area contributed by atoms with E-state index in [-0.39, 0.29) is 28.4 Å². The van der Waals surface area contributed by atoms with E-state index in [2.05, 4.69) is 5.32 Å². The Morgan fingerprint density at radius 1 is 0.967 bits per heavy atom. The summed E-state index contributed by atoms with van der Waals surface area (Å²) in [6, 6.07) is 8.91. The van der Waals surface area contributed by atoms with Crippen LogP contribution >= 0.6 is 11.6 Å². The van der Waals surface area contributed by atoms with E-state index >= 15 is 0 Å². The minimum Gasteiger partial charge on any atom is -0.427 e. The first-order valence-electron chi connectivity index (χ1n) is 9.47. The number of nitrogens with one attached hydrogen (secondary N) is 1. The maximum absolute atomic E-state index is 11.6. The SMILES string of the molecule is CC(=O)Oc1ccc(C2CNCCc3c2cc(OC(C)=O)c(OC(C)=O)c3Cl)cc1. The van der Waals surface area contributed by atoms with E-state index in [9.17, 15) is 14.4 Å². The van der Waals surface area contributed by atoms with Crippen LogP contribution in [0.5, 0.6) is 17.2 Å². The Hall–Kier alpha value is -2.90. The minimum absolute atomic E-state index is 0.0453. The molecule has 158 valence electrons. The predicted octanol–water partition coefficient (Wildman–Crippen LogP) is 3.39. The van der Waals surface area contributed by atoms with E-state index in [1.807, 2.05) is 12.1 Å². The molecule has 0 spiro atoms. The van der Waals surface area contributed by atoms with Crippen molar-refractivity contribution >= 4 is 29.5 Å². The van der Waals surface area contributed by atoms with Gasteiger partial charge in [-0.25, -0.2) is 0 Å². The van der Waals surface area contributed by atoms with E-state index in [4.69, 9.17) is 25.8 Å². The van der Waals surface area contributed by atoms with Crippen molar-refractivity contribution in [3.8, 4) is 17.2 Å². The van der Waals surface area contributed by atoms with E-state index < -0.39 is 11.9 Å². The molecule has 7 nitrogen and oxygen atoms in total. The average Bonchev–Trinajstić information content (AvgIpc) is 2.87. The highest BCUT2D eigenvalue weighted by molar-refractivity contribution is 6.33. The summed E-state index contributed by atoms with van der Waals surface area (Å²) in [5.74, 6) is -0.999. The van der Waals surface area contributed by atoms with Gasteiger partial charge in [-0.3, -0.25) is 14.4 Å². The molecule has 0 radical (unpaired) electrons. The summed E-state index contributed by atoms with van der Waals surface area (Å²) in [4.78, 5) is 34.3. The van der Waals surface area contributed by atoms with Crippen molar-refractivity contribution in [1.82, 2.24) is 5.32 Å². The molecule has 8 heteroatoms. The molecule has 1 N–H and O–H groups in total. The number of esters is 3. The van der Waals surface area contributed by atoms with Crippen LogP contribution in [0.15, 0.2) is 30.3 Å². The Balaban J connectivity index is 2.09. The molecule has 1 heterocycles. The molecule has 2 aromatic rings. The van der Waals surface area contributed by atoms with Crippen molar-refractivity contribution in [3.63, 3.8) is 0 Å². The second-order valence-corrected chi connectivity index (χ2v) is 7.32. The van der Waals surface area contributed by atoms with Crippen molar-refractivity contribution in [2.24, 2.45) is 0 Å². The van der Waals surface area contributed by atoms with Crippen LogP contribution in [0.2, 0.25) is 5.02 Å². The van der Waals surface area contributed by atoms with Crippen LogP contribution in [0.1, 0.15) is 43.4 Å². The highest BCUT2D eigenvalue weighted by atomic mass is 35.5. The molecule has 1 unspecified atom stereocenters. The van der Waals surface area contributed by atoms with Crippen LogP contribution in [-0.2, 0) is 20.8 Å². The number of halogens is 1. The van der Waals surface area contributed by atoms with Gasteiger partial charge in [0.25, 0.3) is 0 Å². The number of hydrogen-bond acceptors (Lipinski definition) is 7. The molecule has 0 aliphatic carbocycles. The fourth-order valence-electron chi connectivity index (χ4n) is 3.50. The number of carbonyl (C=O) groups excluding carboxylic acids is 3. The van der Waals surface area contributed by atoms with Gasteiger partial charge >= 0.3 is 17.9 Å². The van der Waals surface area contributed by atoms with Gasteiger partial charge in [-0.05, 0) is 47.9 Å². The topological polar surface area (TPSA) is 90.9 Å². The van der Waals surface area contributed by atoms with Crippen LogP contribution in [0.3, 0.4) is 0 Å². The molecular weight excluding hydrogens is 410 g/mol. The van der Waals surface area contributed by atoms with E-state index in [1.165, 1.54) is 20.8 Å². The van der Waals surface area contributed by atoms with Crippen molar-refractivity contribution < 1.29 is 28.6 Å². The number of carbonyl (C=O) groups is 3. The Morgan fingerprint density at radius 2 is 1.60 bits per heavy atom. The molecule has 0 amide bonds. The molecule has 0 bridgehead atoms. The third kappa shape index (κ3) is 4.98. The van der Waals surface area contributed by atoms with E-state index in [1.54, 1.807) is 18.2 Å². The highest BCUT2D eigenvalue weighted by Gasteiger charge is 2.28. The van der Waals surface area contributed by atoms with Crippen molar-refractivity contribution in [2.75, 3.05) is 13.1 Å². The smallest absolute Gasteiger partial charge is 0.308 e. The zero-order valence-electron chi connectivity index (χ0n) is 16.9. The van der Waals surface area contributed by atoms with Gasteiger partial charge in [0.2, 0.25) is 0 Å². The van der Waals surface area contributed by atoms with Gasteiger partial charge in [-0.2, -0.15) is 0 Å². The summed E-state index contributed by atoms with van der Waals surface area (Å²) in [6.07, 6.45) is 0.616. The first kappa shape index (κ1) is 21.8. The Labute approximate surface area is 179 Å². The number of ether oxygens (including phenoxy) is 3. The highest BCUT2D eigenvalue weighted by Crippen LogP contribution is 2.44. The van der Waals surface area contributed by atoms with Gasteiger partial charge < -0.3 is 19.5 Å². The Morgan fingerprint density at radius 3 is 2.20 bits per heavy atom. The standard InChI is InChI=1S/C22H22ClNO6/c1-12(25)28-16-6-4-15(5-7-16)19-11-24-9-8-17-18(19)10-20(29-13(2)26)22(21(17)23)30-14(3)27/h4-7,10,19,24H,8-9,11H2,1-3H3. The summed E-state index contributed by atoms with van der Waals surface area (Å²) in [5, 5.41) is 3.63. The van der Waals surface area contributed by atoms with Crippen LogP contribution in [-0.4, -0.2) is 31.0 Å². The summed E-state index contributed by atoms with van der Waals surface area (Å²) in [5.41, 5.74) is 2.66. The maximum atomic E-state index is 11.6. The fourth-order valence-corrected chi connectivity index (χ4v) is 3.84. The number of fused-ring (bicyclic) bond motifs is 1. The van der Waals surface area contributed by atoms with Crippen LogP contribution < -0.4 is 19.5 Å². The lowest BCUT2D eigenvalue weighted by atomic mass is 9.87. The van der Waals surface area contributed by atoms with Crippen LogP contribution in [0.4, 0.5) is 0 Å². The third-order valence-electron chi connectivity index (χ3n) is 4.64. The summed E-state index contributed by atoms with van der Waals surface area (Å²) in [7, 11) is 0. The summed E-state index contributed by atoms with van der Waals surface area (Å²) in [6.45, 7) is 5.18. The van der Waals surface area contributed by atoms with Crippen LogP contribution in [0.25, 0.3) is 0 Å². The van der Waals surface area contributed by atoms with Gasteiger partial charge in [0.15, 0.2) is 11.5 Å².